The lowest BCUT2D eigenvalue weighted by atomic mass is 10.2. The lowest BCUT2D eigenvalue weighted by Crippen LogP contribution is -2.30. The second kappa shape index (κ2) is 9.34. The number of rotatable bonds is 7. The van der Waals surface area contributed by atoms with Gasteiger partial charge in [-0.3, -0.25) is 9.69 Å². The Morgan fingerprint density at radius 3 is 2.48 bits per heavy atom. The van der Waals surface area contributed by atoms with Gasteiger partial charge in [-0.25, -0.2) is 22.5 Å². The van der Waals surface area contributed by atoms with E-state index in [2.05, 4.69) is 9.71 Å². The molecule has 0 bridgehead atoms. The Morgan fingerprint density at radius 2 is 1.83 bits per heavy atom. The summed E-state index contributed by atoms with van der Waals surface area (Å²) in [6, 6.07) is 15.0. The molecule has 2 aromatic carbocycles. The molecule has 0 saturated heterocycles. The maximum absolute atomic E-state index is 13.3. The van der Waals surface area contributed by atoms with Crippen molar-refractivity contribution >= 4 is 44.6 Å². The minimum absolute atomic E-state index is 0.289. The van der Waals surface area contributed by atoms with Gasteiger partial charge in [-0.05, 0) is 42.3 Å². The number of nitrogens with one attached hydrogen (secondary N) is 1. The fourth-order valence-electron chi connectivity index (χ4n) is 2.61. The van der Waals surface area contributed by atoms with Gasteiger partial charge in [0.05, 0.1) is 11.9 Å². The largest absolute Gasteiger partial charge is 0.283 e. The first-order valence-corrected chi connectivity index (χ1v) is 11.7. The van der Waals surface area contributed by atoms with Crippen LogP contribution in [0.3, 0.4) is 0 Å². The smallest absolute Gasteiger partial charge is 0.266 e. The number of hydrogen-bond acceptors (Lipinski definition) is 5. The minimum atomic E-state index is -3.23. The number of halogens is 1. The molecule has 0 spiro atoms. The summed E-state index contributed by atoms with van der Waals surface area (Å²) < 4.78 is 38.0. The number of aliphatic imine (C=N–C) groups is 1. The van der Waals surface area contributed by atoms with Crippen molar-refractivity contribution in [3.8, 4) is 0 Å². The summed E-state index contributed by atoms with van der Waals surface area (Å²) in [4.78, 5) is 18.9. The molecule has 1 aliphatic rings. The third-order valence-electron chi connectivity index (χ3n) is 3.93. The van der Waals surface area contributed by atoms with Gasteiger partial charge >= 0.3 is 0 Å². The predicted octanol–water partition coefficient (Wildman–Crippen LogP) is 3.24. The molecular weight excluding hydrogens is 413 g/mol. The summed E-state index contributed by atoms with van der Waals surface area (Å²) in [6.45, 7) is 0.302. The molecule has 0 atom stereocenters. The summed E-state index contributed by atoms with van der Waals surface area (Å²) in [5.41, 5.74) is 1.66. The highest BCUT2D eigenvalue weighted by atomic mass is 32.2. The zero-order valence-corrected chi connectivity index (χ0v) is 17.3. The zero-order valence-electron chi connectivity index (χ0n) is 15.7. The molecule has 0 unspecified atom stereocenters. The van der Waals surface area contributed by atoms with Crippen LogP contribution in [-0.2, 0) is 14.8 Å². The van der Waals surface area contributed by atoms with Crippen LogP contribution in [0.15, 0.2) is 65.3 Å². The van der Waals surface area contributed by atoms with Gasteiger partial charge < -0.3 is 0 Å². The van der Waals surface area contributed by atoms with Crippen LogP contribution in [-0.4, -0.2) is 38.0 Å². The predicted molar refractivity (Wildman–Crippen MR) is 116 cm³/mol. The number of anilines is 1. The standard InChI is InChI=1S/C20H20FN3O3S2/c1-29(26,27)22-12-5-13-28-20-23-18(14-15-6-3-2-4-7-15)19(25)24(20)17-10-8-16(21)9-11-17/h2-4,6-11,14,22H,5,12-13H2,1H3/b18-14+. The van der Waals surface area contributed by atoms with E-state index in [0.29, 0.717) is 29.6 Å². The summed E-state index contributed by atoms with van der Waals surface area (Å²) in [7, 11) is -3.23. The first-order valence-electron chi connectivity index (χ1n) is 8.86. The molecule has 1 N–H and O–H groups in total. The summed E-state index contributed by atoms with van der Waals surface area (Å²) >= 11 is 1.35. The number of thioether (sulfide) groups is 1. The Hall–Kier alpha value is -2.49. The van der Waals surface area contributed by atoms with E-state index < -0.39 is 15.8 Å². The highest BCUT2D eigenvalue weighted by molar-refractivity contribution is 8.14. The van der Waals surface area contributed by atoms with E-state index in [1.54, 1.807) is 6.08 Å². The van der Waals surface area contributed by atoms with E-state index in [1.165, 1.54) is 40.9 Å². The number of hydrogen-bond donors (Lipinski definition) is 1. The number of amidine groups is 1. The van der Waals surface area contributed by atoms with Crippen molar-refractivity contribution in [1.29, 1.82) is 0 Å². The maximum Gasteiger partial charge on any atom is 0.283 e. The SMILES string of the molecule is CS(=O)(=O)NCCCSC1=N/C(=C/c2ccccc2)C(=O)N1c1ccc(F)cc1. The molecule has 29 heavy (non-hydrogen) atoms. The van der Waals surface area contributed by atoms with Crippen LogP contribution in [0, 0.1) is 5.82 Å². The molecule has 0 saturated carbocycles. The molecule has 1 heterocycles. The van der Waals surface area contributed by atoms with E-state index in [0.717, 1.165) is 11.8 Å². The fraction of sp³-hybridized carbons (Fsp3) is 0.200. The van der Waals surface area contributed by atoms with Gasteiger partial charge in [-0.15, -0.1) is 0 Å². The van der Waals surface area contributed by atoms with Crippen LogP contribution in [0.25, 0.3) is 6.08 Å². The van der Waals surface area contributed by atoms with Crippen molar-refractivity contribution < 1.29 is 17.6 Å². The van der Waals surface area contributed by atoms with Gasteiger partial charge in [0.2, 0.25) is 10.0 Å². The fourth-order valence-corrected chi connectivity index (χ4v) is 4.08. The van der Waals surface area contributed by atoms with E-state index in [4.69, 9.17) is 0 Å². The molecule has 3 rings (SSSR count). The normalized spacial score (nSPS) is 15.8. The molecule has 9 heteroatoms. The number of nitrogens with zero attached hydrogens (tertiary/aromatic N) is 2. The molecule has 0 aliphatic carbocycles. The molecule has 6 nitrogen and oxygen atoms in total. The average molecular weight is 434 g/mol. The van der Waals surface area contributed by atoms with Gasteiger partial charge in [0.1, 0.15) is 11.5 Å². The maximum atomic E-state index is 13.3. The Bertz CT molecular complexity index is 1040. The van der Waals surface area contributed by atoms with Gasteiger partial charge in [0.15, 0.2) is 5.17 Å². The first kappa shape index (κ1) is 21.2. The lowest BCUT2D eigenvalue weighted by molar-refractivity contribution is -0.113. The molecular formula is C20H20FN3O3S2. The molecule has 2 aromatic rings. The summed E-state index contributed by atoms with van der Waals surface area (Å²) in [5.74, 6) is -0.124. The van der Waals surface area contributed by atoms with E-state index in [-0.39, 0.29) is 11.6 Å². The molecule has 1 aliphatic heterocycles. The van der Waals surface area contributed by atoms with Crippen LogP contribution in [0.1, 0.15) is 12.0 Å². The van der Waals surface area contributed by atoms with Crippen molar-refractivity contribution in [3.63, 3.8) is 0 Å². The summed E-state index contributed by atoms with van der Waals surface area (Å²) in [6.07, 6.45) is 3.38. The van der Waals surface area contributed by atoms with E-state index in [1.807, 2.05) is 30.3 Å². The number of carbonyl (C=O) groups is 1. The highest BCUT2D eigenvalue weighted by Crippen LogP contribution is 2.29. The van der Waals surface area contributed by atoms with Gasteiger partial charge in [0.25, 0.3) is 5.91 Å². The molecule has 0 aromatic heterocycles. The first-order chi connectivity index (χ1) is 13.8. The van der Waals surface area contributed by atoms with Crippen molar-refractivity contribution in [2.45, 2.75) is 6.42 Å². The molecule has 152 valence electrons. The second-order valence-electron chi connectivity index (χ2n) is 6.32. The minimum Gasteiger partial charge on any atom is -0.266 e. The quantitative estimate of drug-likeness (QED) is 0.537. The highest BCUT2D eigenvalue weighted by Gasteiger charge is 2.31. The topological polar surface area (TPSA) is 78.8 Å². The van der Waals surface area contributed by atoms with Crippen molar-refractivity contribution in [3.05, 3.63) is 71.7 Å². The van der Waals surface area contributed by atoms with Crippen LogP contribution in [0.5, 0.6) is 0 Å². The Morgan fingerprint density at radius 1 is 1.14 bits per heavy atom. The van der Waals surface area contributed by atoms with Crippen molar-refractivity contribution in [2.24, 2.45) is 4.99 Å². The van der Waals surface area contributed by atoms with Gasteiger partial charge in [0, 0.05) is 12.3 Å². The van der Waals surface area contributed by atoms with Crippen molar-refractivity contribution in [2.75, 3.05) is 23.5 Å². The Labute approximate surface area is 173 Å². The van der Waals surface area contributed by atoms with Gasteiger partial charge in [-0.2, -0.15) is 0 Å². The molecule has 0 fully saturated rings. The number of amides is 1. The van der Waals surface area contributed by atoms with Crippen LogP contribution < -0.4 is 9.62 Å². The third-order valence-corrected chi connectivity index (χ3v) is 5.69. The Kier molecular flexibility index (Phi) is 6.83. The second-order valence-corrected chi connectivity index (χ2v) is 9.22. The Balaban J connectivity index is 1.79. The van der Waals surface area contributed by atoms with Crippen LogP contribution in [0.2, 0.25) is 0 Å². The number of benzene rings is 2. The van der Waals surface area contributed by atoms with E-state index >= 15 is 0 Å². The van der Waals surface area contributed by atoms with Gasteiger partial charge in [-0.1, -0.05) is 42.1 Å². The lowest BCUT2D eigenvalue weighted by Gasteiger charge is -2.17. The summed E-state index contributed by atoms with van der Waals surface area (Å²) in [5, 5.41) is 0.475. The molecule has 0 radical (unpaired) electrons. The van der Waals surface area contributed by atoms with Crippen molar-refractivity contribution in [1.82, 2.24) is 4.72 Å². The van der Waals surface area contributed by atoms with Crippen LogP contribution in [0.4, 0.5) is 10.1 Å². The van der Waals surface area contributed by atoms with E-state index in [9.17, 15) is 17.6 Å². The number of carbonyl (C=O) groups excluding carboxylic acids is 1. The molecule has 1 amide bonds. The van der Waals surface area contributed by atoms with Crippen LogP contribution >= 0.6 is 11.8 Å². The average Bonchev–Trinajstić information content (AvgIpc) is 2.97. The monoisotopic (exact) mass is 433 g/mol. The third kappa shape index (κ3) is 5.99. The number of sulfonamides is 1. The zero-order chi connectivity index (χ0) is 20.9.